The van der Waals surface area contributed by atoms with Crippen LogP contribution in [0.1, 0.15) is 124 Å². The summed E-state index contributed by atoms with van der Waals surface area (Å²) in [4.78, 5) is 0. The van der Waals surface area contributed by atoms with Crippen LogP contribution in [0.4, 0.5) is 0 Å². The molecule has 0 saturated heterocycles. The third-order valence-corrected chi connectivity index (χ3v) is 4.85. The molecule has 0 aromatic heterocycles. The number of hydrogen-bond donors (Lipinski definition) is 0. The first kappa shape index (κ1) is 22.9. The first-order valence-electron chi connectivity index (χ1n) is 10.2. The molecule has 0 amide bonds. The standard InChI is InChI=1S/C21H42OS/c1-4-5-6-7-8-9-10-11-12-13-14-15-16-17-18-19-21(2,3)22-20-23/h20H,4-19H2,1-3H3. The van der Waals surface area contributed by atoms with E-state index in [1.165, 1.54) is 102 Å². The van der Waals surface area contributed by atoms with Gasteiger partial charge in [0.05, 0.1) is 0 Å². The lowest BCUT2D eigenvalue weighted by Crippen LogP contribution is -2.22. The first-order valence-corrected chi connectivity index (χ1v) is 10.7. The maximum absolute atomic E-state index is 5.44. The third-order valence-electron chi connectivity index (χ3n) is 4.75. The molecule has 0 aliphatic carbocycles. The van der Waals surface area contributed by atoms with Crippen LogP contribution in [0, 0.1) is 0 Å². The molecular formula is C21H42OS. The fourth-order valence-electron chi connectivity index (χ4n) is 3.11. The van der Waals surface area contributed by atoms with Gasteiger partial charge >= 0.3 is 0 Å². The van der Waals surface area contributed by atoms with E-state index in [2.05, 4.69) is 20.8 Å². The normalized spacial score (nSPS) is 11.6. The Morgan fingerprint density at radius 3 is 1.35 bits per heavy atom. The zero-order chi connectivity index (χ0) is 17.2. The summed E-state index contributed by atoms with van der Waals surface area (Å²) in [5.74, 6) is 0. The zero-order valence-electron chi connectivity index (χ0n) is 16.2. The molecule has 0 spiro atoms. The van der Waals surface area contributed by atoms with Gasteiger partial charge in [-0.15, -0.1) is 0 Å². The van der Waals surface area contributed by atoms with Crippen molar-refractivity contribution in [1.82, 2.24) is 0 Å². The molecule has 0 atom stereocenters. The summed E-state index contributed by atoms with van der Waals surface area (Å²) in [5, 5.41) is 0. The molecular weight excluding hydrogens is 300 g/mol. The van der Waals surface area contributed by atoms with Gasteiger partial charge in [-0.1, -0.05) is 96.8 Å². The second kappa shape index (κ2) is 16.7. The monoisotopic (exact) mass is 342 g/mol. The van der Waals surface area contributed by atoms with Crippen LogP contribution >= 0.6 is 12.2 Å². The van der Waals surface area contributed by atoms with Gasteiger partial charge in [-0.2, -0.15) is 0 Å². The van der Waals surface area contributed by atoms with Crippen LogP contribution in [-0.2, 0) is 4.74 Å². The predicted molar refractivity (Wildman–Crippen MR) is 108 cm³/mol. The first-order chi connectivity index (χ1) is 11.1. The molecule has 0 N–H and O–H groups in total. The average molecular weight is 343 g/mol. The fourth-order valence-corrected chi connectivity index (χ4v) is 3.37. The Labute approximate surface area is 152 Å². The smallest absolute Gasteiger partial charge is 0.147 e. The SMILES string of the molecule is CCCCCCCCCCCCCCCCCC(C)(C)OC=S. The van der Waals surface area contributed by atoms with E-state index in [0.29, 0.717) is 0 Å². The molecule has 0 unspecified atom stereocenters. The minimum Gasteiger partial charge on any atom is -0.484 e. The van der Waals surface area contributed by atoms with E-state index in [4.69, 9.17) is 17.0 Å². The Morgan fingerprint density at radius 1 is 0.652 bits per heavy atom. The predicted octanol–water partition coefficient (Wildman–Crippen LogP) is 8.00. The highest BCUT2D eigenvalue weighted by Crippen LogP contribution is 2.19. The van der Waals surface area contributed by atoms with Crippen LogP contribution in [0.25, 0.3) is 0 Å². The molecule has 0 saturated carbocycles. The van der Waals surface area contributed by atoms with Crippen molar-refractivity contribution in [2.45, 2.75) is 129 Å². The molecule has 0 aliphatic rings. The van der Waals surface area contributed by atoms with Gasteiger partial charge in [0.2, 0.25) is 0 Å². The van der Waals surface area contributed by atoms with Crippen molar-refractivity contribution in [3.63, 3.8) is 0 Å². The van der Waals surface area contributed by atoms with Crippen molar-refractivity contribution in [3.8, 4) is 0 Å². The Balaban J connectivity index is 3.12. The maximum Gasteiger partial charge on any atom is 0.147 e. The highest BCUT2D eigenvalue weighted by atomic mass is 32.1. The molecule has 23 heavy (non-hydrogen) atoms. The summed E-state index contributed by atoms with van der Waals surface area (Å²) in [5.41, 5.74) is 1.34. The van der Waals surface area contributed by atoms with Gasteiger partial charge in [0.15, 0.2) is 0 Å². The molecule has 0 bridgehead atoms. The van der Waals surface area contributed by atoms with Gasteiger partial charge in [0, 0.05) is 0 Å². The largest absolute Gasteiger partial charge is 0.484 e. The highest BCUT2D eigenvalue weighted by Gasteiger charge is 2.16. The van der Waals surface area contributed by atoms with Crippen LogP contribution in [-0.4, -0.2) is 11.2 Å². The van der Waals surface area contributed by atoms with Crippen molar-refractivity contribution in [1.29, 1.82) is 0 Å². The second-order valence-corrected chi connectivity index (χ2v) is 7.87. The van der Waals surface area contributed by atoms with E-state index in [-0.39, 0.29) is 5.60 Å². The highest BCUT2D eigenvalue weighted by molar-refractivity contribution is 7.78. The summed E-state index contributed by atoms with van der Waals surface area (Å²) >= 11 is 4.76. The average Bonchev–Trinajstić information content (AvgIpc) is 2.51. The summed E-state index contributed by atoms with van der Waals surface area (Å²) in [6, 6.07) is 0. The van der Waals surface area contributed by atoms with E-state index in [1.807, 2.05) is 0 Å². The van der Waals surface area contributed by atoms with Crippen molar-refractivity contribution in [2.24, 2.45) is 0 Å². The number of ether oxygens (including phenoxy) is 1. The molecule has 0 heterocycles. The third kappa shape index (κ3) is 18.1. The summed E-state index contributed by atoms with van der Waals surface area (Å²) in [6.07, 6.45) is 22.3. The minimum atomic E-state index is -0.0711. The van der Waals surface area contributed by atoms with Crippen LogP contribution < -0.4 is 0 Å². The zero-order valence-corrected chi connectivity index (χ0v) is 17.0. The lowest BCUT2D eigenvalue weighted by Gasteiger charge is -2.23. The number of hydrogen-bond acceptors (Lipinski definition) is 2. The van der Waals surface area contributed by atoms with Gasteiger partial charge in [-0.05, 0) is 38.9 Å². The van der Waals surface area contributed by atoms with Crippen molar-refractivity contribution >= 4 is 17.8 Å². The van der Waals surface area contributed by atoms with Crippen molar-refractivity contribution < 1.29 is 4.74 Å². The Morgan fingerprint density at radius 2 is 1.00 bits per heavy atom. The van der Waals surface area contributed by atoms with E-state index in [9.17, 15) is 0 Å². The molecule has 0 radical (unpaired) electrons. The molecule has 0 rings (SSSR count). The Kier molecular flexibility index (Phi) is 16.7. The van der Waals surface area contributed by atoms with Gasteiger partial charge in [0.25, 0.3) is 0 Å². The fraction of sp³-hybridized carbons (Fsp3) is 0.952. The summed E-state index contributed by atoms with van der Waals surface area (Å²) < 4.78 is 5.44. The van der Waals surface area contributed by atoms with Gasteiger partial charge in [-0.25, -0.2) is 0 Å². The van der Waals surface area contributed by atoms with Crippen molar-refractivity contribution in [2.75, 3.05) is 0 Å². The minimum absolute atomic E-state index is 0.0711. The molecule has 0 aromatic carbocycles. The van der Waals surface area contributed by atoms with Crippen molar-refractivity contribution in [3.05, 3.63) is 0 Å². The van der Waals surface area contributed by atoms with Gasteiger partial charge in [-0.3, -0.25) is 0 Å². The molecule has 0 aromatic rings. The van der Waals surface area contributed by atoms with E-state index >= 15 is 0 Å². The van der Waals surface area contributed by atoms with Crippen LogP contribution in [0.3, 0.4) is 0 Å². The van der Waals surface area contributed by atoms with Crippen LogP contribution in [0.2, 0.25) is 0 Å². The molecule has 0 fully saturated rings. The summed E-state index contributed by atoms with van der Waals surface area (Å²) in [6.45, 7) is 6.54. The summed E-state index contributed by atoms with van der Waals surface area (Å²) in [7, 11) is 0. The van der Waals surface area contributed by atoms with E-state index in [1.54, 1.807) is 0 Å². The van der Waals surface area contributed by atoms with Crippen LogP contribution in [0.5, 0.6) is 0 Å². The number of rotatable bonds is 18. The van der Waals surface area contributed by atoms with E-state index < -0.39 is 0 Å². The lowest BCUT2D eigenvalue weighted by molar-refractivity contribution is 0.0951. The Hall–Kier alpha value is -0.110. The molecule has 1 nitrogen and oxygen atoms in total. The number of thiocarbonyl (C=S) groups is 1. The molecule has 138 valence electrons. The quantitative estimate of drug-likeness (QED) is 0.184. The lowest BCUT2D eigenvalue weighted by atomic mass is 9.99. The van der Waals surface area contributed by atoms with Crippen LogP contribution in [0.15, 0.2) is 0 Å². The van der Waals surface area contributed by atoms with Gasteiger partial charge in [0.1, 0.15) is 11.2 Å². The van der Waals surface area contributed by atoms with E-state index in [0.717, 1.165) is 6.42 Å². The molecule has 0 aliphatic heterocycles. The molecule has 2 heteroatoms. The number of unbranched alkanes of at least 4 members (excludes halogenated alkanes) is 14. The Bertz CT molecular complexity index is 250. The topological polar surface area (TPSA) is 9.23 Å². The maximum atomic E-state index is 5.44. The second-order valence-electron chi connectivity index (χ2n) is 7.67. The van der Waals surface area contributed by atoms with Gasteiger partial charge < -0.3 is 4.74 Å².